The molecule has 0 unspecified atom stereocenters. The van der Waals surface area contributed by atoms with E-state index in [1.807, 2.05) is 23.1 Å². The third kappa shape index (κ3) is 7.78. The fraction of sp³-hybridized carbons (Fsp3) is 0.543. The summed E-state index contributed by atoms with van der Waals surface area (Å²) in [6.45, 7) is 10.2. The number of esters is 1. The minimum Gasteiger partial charge on any atom is -0.480 e. The second kappa shape index (κ2) is 14.3. The van der Waals surface area contributed by atoms with Gasteiger partial charge in [-0.15, -0.1) is 0 Å². The van der Waals surface area contributed by atoms with Gasteiger partial charge in [-0.3, -0.25) is 0 Å². The number of rotatable bonds is 8. The van der Waals surface area contributed by atoms with Crippen LogP contribution in [0.4, 0.5) is 12.0 Å². The van der Waals surface area contributed by atoms with Crippen LogP contribution < -0.4 is 9.80 Å². The molecule has 4 heterocycles. The largest absolute Gasteiger partial charge is 0.480 e. The molecule has 0 spiro atoms. The van der Waals surface area contributed by atoms with Gasteiger partial charge < -0.3 is 28.5 Å². The number of benzene rings is 2. The summed E-state index contributed by atoms with van der Waals surface area (Å²) in [6.07, 6.45) is 7.40. The zero-order valence-corrected chi connectivity index (χ0v) is 27.1. The molecule has 2 aromatic heterocycles. The van der Waals surface area contributed by atoms with Crippen molar-refractivity contribution in [3.63, 3.8) is 0 Å². The average molecular weight is 619 g/mol. The van der Waals surface area contributed by atoms with Crippen LogP contribution in [0.5, 0.6) is 0 Å². The Morgan fingerprint density at radius 1 is 0.800 bits per heavy atom. The summed E-state index contributed by atoms with van der Waals surface area (Å²) < 4.78 is 16.8. The van der Waals surface area contributed by atoms with E-state index >= 15 is 0 Å². The Bertz CT molecular complexity index is 1610. The van der Waals surface area contributed by atoms with Crippen LogP contribution in [-0.2, 0) is 27.2 Å². The maximum atomic E-state index is 12.0. The van der Waals surface area contributed by atoms with E-state index in [1.165, 1.54) is 18.2 Å². The maximum Gasteiger partial charge on any atom is 0.328 e. The van der Waals surface area contributed by atoms with Crippen molar-refractivity contribution < 1.29 is 28.3 Å². The Labute approximate surface area is 264 Å². The fourth-order valence-electron chi connectivity index (χ4n) is 6.32. The first-order valence-electron chi connectivity index (χ1n) is 16.3. The molecule has 0 saturated carbocycles. The summed E-state index contributed by atoms with van der Waals surface area (Å²) in [5.74, 6) is 0.161. The van der Waals surface area contributed by atoms with Gasteiger partial charge in [0.15, 0.2) is 11.2 Å². The second-order valence-corrected chi connectivity index (χ2v) is 13.1. The molecule has 2 aliphatic heterocycles. The number of carboxylic acids is 1. The molecule has 2 saturated heterocycles. The molecular weight excluding hydrogens is 572 g/mol. The smallest absolute Gasteiger partial charge is 0.328 e. The first kappa shape index (κ1) is 32.3. The number of nitrogens with zero attached hydrogens (tertiary/aromatic N) is 4. The lowest BCUT2D eigenvalue weighted by atomic mass is 10.0. The molecule has 2 aromatic carbocycles. The minimum absolute atomic E-state index is 0.215. The average Bonchev–Trinajstić information content (AvgIpc) is 3.64. The summed E-state index contributed by atoms with van der Waals surface area (Å²) in [4.78, 5) is 36.2. The van der Waals surface area contributed by atoms with Gasteiger partial charge in [-0.1, -0.05) is 39.8 Å². The van der Waals surface area contributed by atoms with Crippen molar-refractivity contribution in [3.05, 3.63) is 47.5 Å². The van der Waals surface area contributed by atoms with Crippen LogP contribution in [0.25, 0.3) is 22.2 Å². The highest BCUT2D eigenvalue weighted by Gasteiger charge is 2.33. The highest BCUT2D eigenvalue weighted by Crippen LogP contribution is 2.30. The van der Waals surface area contributed by atoms with E-state index in [2.05, 4.69) is 55.9 Å². The molecule has 242 valence electrons. The second-order valence-electron chi connectivity index (χ2n) is 13.1. The number of fused-ring (bicyclic) bond motifs is 2. The van der Waals surface area contributed by atoms with Gasteiger partial charge in [0, 0.05) is 13.1 Å². The third-order valence-corrected chi connectivity index (χ3v) is 8.43. The molecular formula is C35H46N4O6. The molecule has 1 N–H and O–H groups in total. The molecule has 0 bridgehead atoms. The number of piperidine rings is 2. The van der Waals surface area contributed by atoms with Crippen LogP contribution in [0.2, 0.25) is 0 Å². The van der Waals surface area contributed by atoms with Gasteiger partial charge in [-0.2, -0.15) is 9.97 Å². The van der Waals surface area contributed by atoms with Crippen molar-refractivity contribution in [1.82, 2.24) is 9.97 Å². The van der Waals surface area contributed by atoms with E-state index in [9.17, 15) is 14.7 Å². The Balaban J connectivity index is 0.000000178. The maximum absolute atomic E-state index is 12.0. The summed E-state index contributed by atoms with van der Waals surface area (Å²) in [6, 6.07) is 12.3. The first-order valence-corrected chi connectivity index (χ1v) is 16.3. The van der Waals surface area contributed by atoms with E-state index in [0.717, 1.165) is 73.7 Å². The normalized spacial score (nSPS) is 18.8. The summed E-state index contributed by atoms with van der Waals surface area (Å²) in [5.41, 5.74) is 5.62. The molecule has 10 nitrogen and oxygen atoms in total. The van der Waals surface area contributed by atoms with Crippen LogP contribution in [0.1, 0.15) is 77.3 Å². The summed E-state index contributed by atoms with van der Waals surface area (Å²) >= 11 is 0. The van der Waals surface area contributed by atoms with Gasteiger partial charge in [0.25, 0.3) is 12.0 Å². The number of ether oxygens (including phenoxy) is 1. The third-order valence-electron chi connectivity index (χ3n) is 8.43. The molecule has 2 aliphatic rings. The zero-order valence-electron chi connectivity index (χ0n) is 27.1. The predicted molar refractivity (Wildman–Crippen MR) is 175 cm³/mol. The number of carbonyl (C=O) groups is 2. The van der Waals surface area contributed by atoms with E-state index in [4.69, 9.17) is 13.6 Å². The number of methoxy groups -OCH3 is 1. The quantitative estimate of drug-likeness (QED) is 0.206. The zero-order chi connectivity index (χ0) is 32.1. The molecule has 2 fully saturated rings. The fourth-order valence-corrected chi connectivity index (χ4v) is 6.32. The van der Waals surface area contributed by atoms with Crippen LogP contribution in [0, 0.1) is 11.8 Å². The number of aromatic nitrogens is 2. The molecule has 4 aromatic rings. The standard InChI is InChI=1S/C18H24N2O3.C17H22N2O3/c1-12(2)10-13-7-8-14-16(11-13)23-18(19-14)20-9-5-4-6-15(20)17(21)22-3;1-11(2)9-12-6-7-13-15(10-12)22-17(18-13)19-8-4-3-5-14(19)16(20)21/h7-8,11-12,15H,4-6,9-10H2,1-3H3;6-7,10-11,14H,3-5,8-9H2,1-2H3,(H,20,21)/t15-;14-/m00/s1. The SMILES string of the molecule is CC(C)Cc1ccc2nc(N3CCCC[C@H]3C(=O)O)oc2c1.COC(=O)[C@@H]1CCCCN1c1nc2ccc(CC(C)C)cc2o1. The van der Waals surface area contributed by atoms with Crippen molar-refractivity contribution in [1.29, 1.82) is 0 Å². The van der Waals surface area contributed by atoms with Crippen LogP contribution in [0.15, 0.2) is 45.2 Å². The number of anilines is 2. The van der Waals surface area contributed by atoms with E-state index in [0.29, 0.717) is 36.8 Å². The lowest BCUT2D eigenvalue weighted by Crippen LogP contribution is -2.45. The van der Waals surface area contributed by atoms with Gasteiger partial charge in [-0.25, -0.2) is 9.59 Å². The van der Waals surface area contributed by atoms with Crippen LogP contribution in [-0.4, -0.2) is 59.3 Å². The van der Waals surface area contributed by atoms with Crippen molar-refractivity contribution in [3.8, 4) is 0 Å². The first-order chi connectivity index (χ1) is 21.6. The Hall–Kier alpha value is -4.08. The Morgan fingerprint density at radius 2 is 1.27 bits per heavy atom. The Kier molecular flexibility index (Phi) is 10.3. The topological polar surface area (TPSA) is 122 Å². The van der Waals surface area contributed by atoms with Gasteiger partial charge in [-0.05, 0) is 98.6 Å². The van der Waals surface area contributed by atoms with E-state index < -0.39 is 12.0 Å². The van der Waals surface area contributed by atoms with Crippen molar-refractivity contribution in [2.75, 3.05) is 30.0 Å². The molecule has 0 aliphatic carbocycles. The number of carbonyl (C=O) groups excluding carboxylic acids is 1. The lowest BCUT2D eigenvalue weighted by Gasteiger charge is -2.32. The number of aliphatic carboxylic acids is 1. The van der Waals surface area contributed by atoms with Crippen molar-refractivity contribution >= 4 is 46.2 Å². The molecule has 2 atom stereocenters. The number of oxazole rings is 2. The van der Waals surface area contributed by atoms with Crippen LogP contribution >= 0.6 is 0 Å². The summed E-state index contributed by atoms with van der Waals surface area (Å²) in [5, 5.41) is 9.38. The lowest BCUT2D eigenvalue weighted by molar-refractivity contribution is -0.143. The molecule has 45 heavy (non-hydrogen) atoms. The number of carboxylic acid groups (broad SMARTS) is 1. The highest BCUT2D eigenvalue weighted by atomic mass is 16.5. The number of hydrogen-bond donors (Lipinski definition) is 1. The van der Waals surface area contributed by atoms with Crippen molar-refractivity contribution in [2.45, 2.75) is 91.1 Å². The van der Waals surface area contributed by atoms with Crippen molar-refractivity contribution in [2.24, 2.45) is 11.8 Å². The summed E-state index contributed by atoms with van der Waals surface area (Å²) in [7, 11) is 1.43. The van der Waals surface area contributed by atoms with Gasteiger partial charge >= 0.3 is 11.9 Å². The molecule has 0 radical (unpaired) electrons. The molecule has 0 amide bonds. The molecule has 10 heteroatoms. The van der Waals surface area contributed by atoms with Gasteiger partial charge in [0.1, 0.15) is 23.1 Å². The van der Waals surface area contributed by atoms with Crippen LogP contribution in [0.3, 0.4) is 0 Å². The Morgan fingerprint density at radius 3 is 1.71 bits per heavy atom. The number of hydrogen-bond acceptors (Lipinski definition) is 9. The van der Waals surface area contributed by atoms with Gasteiger partial charge in [0.2, 0.25) is 0 Å². The predicted octanol–water partition coefficient (Wildman–Crippen LogP) is 7.03. The minimum atomic E-state index is -0.803. The van der Waals surface area contributed by atoms with Gasteiger partial charge in [0.05, 0.1) is 7.11 Å². The van der Waals surface area contributed by atoms with E-state index in [-0.39, 0.29) is 12.0 Å². The molecule has 6 rings (SSSR count). The monoisotopic (exact) mass is 618 g/mol. The van der Waals surface area contributed by atoms with E-state index in [1.54, 1.807) is 4.90 Å². The highest BCUT2D eigenvalue weighted by molar-refractivity contribution is 5.81.